The van der Waals surface area contributed by atoms with Crippen LogP contribution in [0.1, 0.15) is 12.1 Å². The van der Waals surface area contributed by atoms with Crippen molar-refractivity contribution in [2.24, 2.45) is 5.73 Å². The Morgan fingerprint density at radius 3 is 3.00 bits per heavy atom. The van der Waals surface area contributed by atoms with E-state index >= 15 is 0 Å². The van der Waals surface area contributed by atoms with E-state index in [4.69, 9.17) is 11.0 Å². The summed E-state index contributed by atoms with van der Waals surface area (Å²) in [5.74, 6) is -0.0651. The van der Waals surface area contributed by atoms with Crippen LogP contribution < -0.4 is 5.73 Å². The van der Waals surface area contributed by atoms with Gasteiger partial charge in [0.2, 0.25) is 5.91 Å². The van der Waals surface area contributed by atoms with Gasteiger partial charge in [-0.15, -0.1) is 0 Å². The minimum absolute atomic E-state index is 0.0651. The van der Waals surface area contributed by atoms with Gasteiger partial charge in [0.25, 0.3) is 0 Å². The van der Waals surface area contributed by atoms with E-state index in [-0.39, 0.29) is 11.9 Å². The Morgan fingerprint density at radius 2 is 2.47 bits per heavy atom. The van der Waals surface area contributed by atoms with Gasteiger partial charge in [-0.05, 0) is 12.1 Å². The first-order valence-electron chi connectivity index (χ1n) is 5.29. The lowest BCUT2D eigenvalue weighted by Gasteiger charge is -2.18. The molecule has 0 aromatic carbocycles. The second-order valence-electron chi connectivity index (χ2n) is 3.84. The normalized spacial score (nSPS) is 20.5. The summed E-state index contributed by atoms with van der Waals surface area (Å²) in [5, 5.41) is 8.79. The molecule has 1 saturated heterocycles. The Kier molecular flexibility index (Phi) is 3.17. The van der Waals surface area contributed by atoms with Gasteiger partial charge >= 0.3 is 0 Å². The second-order valence-corrected chi connectivity index (χ2v) is 3.84. The minimum Gasteiger partial charge on any atom is -0.326 e. The first-order valence-corrected chi connectivity index (χ1v) is 5.29. The van der Waals surface area contributed by atoms with Crippen LogP contribution in [0, 0.1) is 11.3 Å². The zero-order valence-electron chi connectivity index (χ0n) is 9.21. The summed E-state index contributed by atoms with van der Waals surface area (Å²) >= 11 is 0. The number of nitrogens with two attached hydrogens (primary N) is 1. The largest absolute Gasteiger partial charge is 0.326 e. The summed E-state index contributed by atoms with van der Waals surface area (Å²) in [5.41, 5.74) is 6.86. The van der Waals surface area contributed by atoms with Gasteiger partial charge in [-0.2, -0.15) is 5.26 Å². The van der Waals surface area contributed by atoms with E-state index in [0.29, 0.717) is 24.4 Å². The number of nitrogens with zero attached hydrogens (tertiary/aromatic N) is 3. The Labute approximate surface area is 99.2 Å². The molecule has 1 fully saturated rings. The summed E-state index contributed by atoms with van der Waals surface area (Å²) in [4.78, 5) is 17.4. The van der Waals surface area contributed by atoms with Crippen LogP contribution in [-0.2, 0) is 4.79 Å². The Bertz CT molecular complexity index is 489. The number of likely N-dealkylation sites (tertiary alicyclic amines) is 1. The Morgan fingerprint density at radius 1 is 1.65 bits per heavy atom. The van der Waals surface area contributed by atoms with Crippen molar-refractivity contribution in [3.05, 3.63) is 36.2 Å². The number of hydrogen-bond acceptors (Lipinski definition) is 4. The third-order valence-corrected chi connectivity index (χ3v) is 2.57. The zero-order chi connectivity index (χ0) is 12.3. The molecule has 5 nitrogen and oxygen atoms in total. The number of amides is 1. The van der Waals surface area contributed by atoms with Crippen LogP contribution >= 0.6 is 0 Å². The van der Waals surface area contributed by atoms with E-state index in [1.165, 1.54) is 11.0 Å². The van der Waals surface area contributed by atoms with Crippen molar-refractivity contribution < 1.29 is 4.79 Å². The second kappa shape index (κ2) is 4.76. The van der Waals surface area contributed by atoms with Crippen molar-refractivity contribution in [3.63, 3.8) is 0 Å². The fraction of sp³-hybridized carbons (Fsp3) is 0.250. The van der Waals surface area contributed by atoms with E-state index in [1.54, 1.807) is 18.3 Å². The average Bonchev–Trinajstić information content (AvgIpc) is 2.66. The maximum absolute atomic E-state index is 11.7. The molecule has 1 amide bonds. The maximum atomic E-state index is 11.7. The molecule has 2 heterocycles. The smallest absolute Gasteiger partial charge is 0.228 e. The molecular weight excluding hydrogens is 216 g/mol. The number of hydrogen-bond donors (Lipinski definition) is 1. The van der Waals surface area contributed by atoms with E-state index in [9.17, 15) is 4.79 Å². The maximum Gasteiger partial charge on any atom is 0.228 e. The first kappa shape index (κ1) is 11.3. The molecule has 1 aliphatic heterocycles. The van der Waals surface area contributed by atoms with Crippen molar-refractivity contribution in [2.75, 3.05) is 6.54 Å². The highest BCUT2D eigenvalue weighted by Gasteiger charge is 2.30. The third kappa shape index (κ3) is 2.32. The van der Waals surface area contributed by atoms with Crippen LogP contribution in [0.3, 0.4) is 0 Å². The van der Waals surface area contributed by atoms with Crippen LogP contribution in [0.2, 0.25) is 0 Å². The average molecular weight is 228 g/mol. The molecular formula is C12H12N4O. The van der Waals surface area contributed by atoms with Gasteiger partial charge in [-0.25, -0.2) is 0 Å². The number of nitriles is 1. The predicted octanol–water partition coefficient (Wildman–Crippen LogP) is 0.506. The van der Waals surface area contributed by atoms with Gasteiger partial charge in [-0.1, -0.05) is 6.07 Å². The van der Waals surface area contributed by atoms with Crippen molar-refractivity contribution in [3.8, 4) is 6.07 Å². The number of allylic oxidation sites excluding steroid dienone is 1. The molecule has 2 N–H and O–H groups in total. The molecule has 2 rings (SSSR count). The van der Waals surface area contributed by atoms with E-state index in [2.05, 4.69) is 4.98 Å². The molecule has 1 unspecified atom stereocenters. The summed E-state index contributed by atoms with van der Waals surface area (Å²) in [6.45, 7) is 0.433. The third-order valence-electron chi connectivity index (χ3n) is 2.57. The number of aromatic nitrogens is 1. The van der Waals surface area contributed by atoms with Gasteiger partial charge in [-0.3, -0.25) is 9.78 Å². The minimum atomic E-state index is -0.173. The molecule has 0 spiro atoms. The lowest BCUT2D eigenvalue weighted by Crippen LogP contribution is -2.27. The quantitative estimate of drug-likeness (QED) is 0.747. The van der Waals surface area contributed by atoms with Crippen molar-refractivity contribution in [1.29, 1.82) is 5.26 Å². The number of pyridine rings is 1. The van der Waals surface area contributed by atoms with Gasteiger partial charge in [0, 0.05) is 31.3 Å². The van der Waals surface area contributed by atoms with E-state index < -0.39 is 0 Å². The monoisotopic (exact) mass is 228 g/mol. The first-order chi connectivity index (χ1) is 8.22. The summed E-state index contributed by atoms with van der Waals surface area (Å²) < 4.78 is 0. The number of carbonyl (C=O) groups is 1. The fourth-order valence-corrected chi connectivity index (χ4v) is 1.83. The fourth-order valence-electron chi connectivity index (χ4n) is 1.83. The lowest BCUT2D eigenvalue weighted by atomic mass is 10.2. The van der Waals surface area contributed by atoms with Gasteiger partial charge in [0.1, 0.15) is 0 Å². The van der Waals surface area contributed by atoms with Crippen LogP contribution in [-0.4, -0.2) is 28.4 Å². The van der Waals surface area contributed by atoms with Crippen molar-refractivity contribution in [2.45, 2.75) is 12.5 Å². The standard InChI is InChI=1S/C12H12N4O/c13-5-4-11(10-3-1-2-6-15-10)16-8-9(14)7-12(16)17/h1-4,6,9H,7-8,14H2. The lowest BCUT2D eigenvalue weighted by molar-refractivity contribution is -0.124. The molecule has 1 aromatic rings. The van der Waals surface area contributed by atoms with Crippen LogP contribution in [0.15, 0.2) is 30.5 Å². The summed E-state index contributed by atoms with van der Waals surface area (Å²) in [6.07, 6.45) is 3.27. The molecule has 17 heavy (non-hydrogen) atoms. The van der Waals surface area contributed by atoms with Crippen LogP contribution in [0.5, 0.6) is 0 Å². The van der Waals surface area contributed by atoms with Crippen molar-refractivity contribution >= 4 is 11.6 Å². The topological polar surface area (TPSA) is 83.0 Å². The van der Waals surface area contributed by atoms with Gasteiger partial charge < -0.3 is 10.6 Å². The van der Waals surface area contributed by atoms with Crippen molar-refractivity contribution in [1.82, 2.24) is 9.88 Å². The zero-order valence-corrected chi connectivity index (χ0v) is 9.21. The highest BCUT2D eigenvalue weighted by Crippen LogP contribution is 2.22. The molecule has 86 valence electrons. The predicted molar refractivity (Wildman–Crippen MR) is 62.1 cm³/mol. The highest BCUT2D eigenvalue weighted by molar-refractivity contribution is 5.89. The molecule has 0 saturated carbocycles. The number of rotatable bonds is 2. The SMILES string of the molecule is N#CC=C(c1ccccn1)N1CC(N)CC1=O. The number of carbonyl (C=O) groups excluding carboxylic acids is 1. The van der Waals surface area contributed by atoms with E-state index in [1.807, 2.05) is 12.1 Å². The molecule has 0 radical (unpaired) electrons. The molecule has 0 bridgehead atoms. The summed E-state index contributed by atoms with van der Waals surface area (Å²) in [7, 11) is 0. The molecule has 1 aromatic heterocycles. The summed E-state index contributed by atoms with van der Waals surface area (Å²) in [6, 6.07) is 7.13. The highest BCUT2D eigenvalue weighted by atomic mass is 16.2. The van der Waals surface area contributed by atoms with Crippen LogP contribution in [0.25, 0.3) is 5.70 Å². The van der Waals surface area contributed by atoms with Gasteiger partial charge in [0.15, 0.2) is 0 Å². The Balaban J connectivity index is 2.35. The molecule has 1 atom stereocenters. The molecule has 5 heteroatoms. The Hall–Kier alpha value is -2.19. The molecule has 1 aliphatic rings. The van der Waals surface area contributed by atoms with Crippen LogP contribution in [0.4, 0.5) is 0 Å². The molecule has 0 aliphatic carbocycles. The van der Waals surface area contributed by atoms with E-state index in [0.717, 1.165) is 0 Å². The van der Waals surface area contributed by atoms with Gasteiger partial charge in [0.05, 0.1) is 17.5 Å².